The van der Waals surface area contributed by atoms with Crippen molar-refractivity contribution in [2.75, 3.05) is 31.1 Å². The van der Waals surface area contributed by atoms with Gasteiger partial charge in [0.2, 0.25) is 11.8 Å². The number of anilines is 1. The van der Waals surface area contributed by atoms with Crippen molar-refractivity contribution in [3.63, 3.8) is 0 Å². The van der Waals surface area contributed by atoms with Gasteiger partial charge in [-0.15, -0.1) is 0 Å². The van der Waals surface area contributed by atoms with Gasteiger partial charge in [0, 0.05) is 31.4 Å². The van der Waals surface area contributed by atoms with E-state index in [-0.39, 0.29) is 23.9 Å². The third-order valence-corrected chi connectivity index (χ3v) is 6.31. The Bertz CT molecular complexity index is 797. The molecule has 0 spiro atoms. The number of fused-ring (bicyclic) bond motifs is 1. The second-order valence-corrected chi connectivity index (χ2v) is 8.20. The van der Waals surface area contributed by atoms with Crippen LogP contribution in [0.15, 0.2) is 24.3 Å². The standard InChI is InChI=1S/C22H29N3O4/c1-2-29-21(28)24-14-9-17(10-15-24)23-19(26)22(11-12-22)20(27)25-13-5-7-16-6-3-4-8-18(16)25/h3-4,6,8,17H,2,5,7,9-15H2,1H3,(H,23,26). The van der Waals surface area contributed by atoms with Gasteiger partial charge in [-0.3, -0.25) is 9.59 Å². The Kier molecular flexibility index (Phi) is 5.48. The topological polar surface area (TPSA) is 79.0 Å². The third kappa shape index (κ3) is 3.82. The molecule has 156 valence electrons. The Hall–Kier alpha value is -2.57. The van der Waals surface area contributed by atoms with Crippen LogP contribution in [-0.4, -0.2) is 55.1 Å². The van der Waals surface area contributed by atoms with Crippen molar-refractivity contribution in [3.8, 4) is 0 Å². The van der Waals surface area contributed by atoms with Crippen LogP contribution in [0.4, 0.5) is 10.5 Å². The average Bonchev–Trinajstić information content (AvgIpc) is 3.56. The minimum absolute atomic E-state index is 0.00732. The molecule has 0 atom stereocenters. The summed E-state index contributed by atoms with van der Waals surface area (Å²) < 4.78 is 5.04. The highest BCUT2D eigenvalue weighted by atomic mass is 16.6. The zero-order chi connectivity index (χ0) is 20.4. The number of carbonyl (C=O) groups excluding carboxylic acids is 3. The number of hydrogen-bond donors (Lipinski definition) is 1. The predicted molar refractivity (Wildman–Crippen MR) is 109 cm³/mol. The summed E-state index contributed by atoms with van der Waals surface area (Å²) in [6.07, 6.45) is 4.18. The molecule has 1 aromatic rings. The molecule has 4 rings (SSSR count). The fraction of sp³-hybridized carbons (Fsp3) is 0.591. The smallest absolute Gasteiger partial charge is 0.409 e. The molecule has 1 saturated carbocycles. The molecule has 3 amide bonds. The molecule has 7 heteroatoms. The molecule has 1 N–H and O–H groups in total. The Morgan fingerprint density at radius 3 is 2.55 bits per heavy atom. The number of likely N-dealkylation sites (tertiary alicyclic amines) is 1. The van der Waals surface area contributed by atoms with E-state index in [1.165, 1.54) is 5.56 Å². The number of nitrogens with one attached hydrogen (secondary N) is 1. The van der Waals surface area contributed by atoms with Crippen LogP contribution in [-0.2, 0) is 20.7 Å². The minimum Gasteiger partial charge on any atom is -0.450 e. The first-order valence-corrected chi connectivity index (χ1v) is 10.7. The number of hydrogen-bond acceptors (Lipinski definition) is 4. The number of ether oxygens (including phenoxy) is 1. The number of carbonyl (C=O) groups is 3. The first-order chi connectivity index (χ1) is 14.0. The van der Waals surface area contributed by atoms with Crippen LogP contribution in [0.25, 0.3) is 0 Å². The second kappa shape index (κ2) is 8.05. The number of aryl methyl sites for hydroxylation is 1. The van der Waals surface area contributed by atoms with Crippen molar-refractivity contribution in [1.29, 1.82) is 0 Å². The van der Waals surface area contributed by atoms with Gasteiger partial charge in [0.1, 0.15) is 5.41 Å². The Balaban J connectivity index is 1.37. The zero-order valence-corrected chi connectivity index (χ0v) is 17.0. The van der Waals surface area contributed by atoms with Crippen molar-refractivity contribution in [2.24, 2.45) is 5.41 Å². The van der Waals surface area contributed by atoms with E-state index in [0.717, 1.165) is 18.5 Å². The summed E-state index contributed by atoms with van der Waals surface area (Å²) in [6.45, 7) is 3.94. The lowest BCUT2D eigenvalue weighted by molar-refractivity contribution is -0.136. The first-order valence-electron chi connectivity index (χ1n) is 10.7. The summed E-state index contributed by atoms with van der Waals surface area (Å²) in [5.41, 5.74) is 1.21. The van der Waals surface area contributed by atoms with Gasteiger partial charge in [0.05, 0.1) is 6.61 Å². The summed E-state index contributed by atoms with van der Waals surface area (Å²) in [7, 11) is 0. The molecule has 0 bridgehead atoms. The molecular formula is C22H29N3O4. The Morgan fingerprint density at radius 2 is 1.86 bits per heavy atom. The lowest BCUT2D eigenvalue weighted by Gasteiger charge is -2.34. The van der Waals surface area contributed by atoms with Crippen LogP contribution in [0.2, 0.25) is 0 Å². The van der Waals surface area contributed by atoms with Gasteiger partial charge >= 0.3 is 6.09 Å². The molecule has 3 aliphatic rings. The summed E-state index contributed by atoms with van der Waals surface area (Å²) in [5, 5.41) is 3.09. The van der Waals surface area contributed by atoms with Gasteiger partial charge < -0.3 is 19.9 Å². The van der Waals surface area contributed by atoms with Crippen molar-refractivity contribution < 1.29 is 19.1 Å². The first kappa shape index (κ1) is 19.7. The summed E-state index contributed by atoms with van der Waals surface area (Å²) in [4.78, 5) is 41.7. The molecule has 0 radical (unpaired) electrons. The van der Waals surface area contributed by atoms with E-state index in [1.54, 1.807) is 11.8 Å². The van der Waals surface area contributed by atoms with E-state index < -0.39 is 5.41 Å². The van der Waals surface area contributed by atoms with Crippen LogP contribution < -0.4 is 10.2 Å². The van der Waals surface area contributed by atoms with Gasteiger partial charge in [-0.1, -0.05) is 18.2 Å². The molecule has 1 saturated heterocycles. The number of benzene rings is 1. The lowest BCUT2D eigenvalue weighted by Crippen LogP contribution is -2.52. The maximum Gasteiger partial charge on any atom is 0.409 e. The fourth-order valence-corrected chi connectivity index (χ4v) is 4.41. The monoisotopic (exact) mass is 399 g/mol. The lowest BCUT2D eigenvalue weighted by atomic mass is 9.96. The van der Waals surface area contributed by atoms with E-state index in [4.69, 9.17) is 4.74 Å². The van der Waals surface area contributed by atoms with Crippen molar-refractivity contribution >= 4 is 23.6 Å². The maximum absolute atomic E-state index is 13.3. The van der Waals surface area contributed by atoms with Crippen LogP contribution >= 0.6 is 0 Å². The summed E-state index contributed by atoms with van der Waals surface area (Å²) in [5.74, 6) is -0.216. The molecule has 2 fully saturated rings. The number of para-hydroxylation sites is 1. The zero-order valence-electron chi connectivity index (χ0n) is 17.0. The fourth-order valence-electron chi connectivity index (χ4n) is 4.41. The van der Waals surface area contributed by atoms with Crippen LogP contribution in [0, 0.1) is 5.41 Å². The Labute approximate surface area is 171 Å². The normalized spacial score (nSPS) is 20.6. The molecule has 2 aliphatic heterocycles. The van der Waals surface area contributed by atoms with Gasteiger partial charge in [0.15, 0.2) is 0 Å². The van der Waals surface area contributed by atoms with Gasteiger partial charge in [-0.25, -0.2) is 4.79 Å². The molecule has 2 heterocycles. The van der Waals surface area contributed by atoms with E-state index >= 15 is 0 Å². The molecule has 1 aliphatic carbocycles. The van der Waals surface area contributed by atoms with E-state index in [0.29, 0.717) is 51.9 Å². The van der Waals surface area contributed by atoms with Crippen molar-refractivity contribution in [2.45, 2.75) is 51.5 Å². The molecule has 0 aromatic heterocycles. The third-order valence-electron chi connectivity index (χ3n) is 6.31. The van der Waals surface area contributed by atoms with Gasteiger partial charge in [0.25, 0.3) is 0 Å². The van der Waals surface area contributed by atoms with Crippen LogP contribution in [0.3, 0.4) is 0 Å². The van der Waals surface area contributed by atoms with Crippen LogP contribution in [0.1, 0.15) is 44.6 Å². The maximum atomic E-state index is 13.3. The average molecular weight is 399 g/mol. The number of amides is 3. The van der Waals surface area contributed by atoms with E-state index in [1.807, 2.05) is 23.1 Å². The highest BCUT2D eigenvalue weighted by Gasteiger charge is 2.58. The minimum atomic E-state index is -0.914. The quantitative estimate of drug-likeness (QED) is 0.789. The van der Waals surface area contributed by atoms with Crippen LogP contribution in [0.5, 0.6) is 0 Å². The predicted octanol–water partition coefficient (Wildman–Crippen LogP) is 2.48. The number of rotatable bonds is 4. The molecule has 1 aromatic carbocycles. The van der Waals surface area contributed by atoms with E-state index in [2.05, 4.69) is 11.4 Å². The molecule has 7 nitrogen and oxygen atoms in total. The summed E-state index contributed by atoms with van der Waals surface area (Å²) >= 11 is 0. The molecule has 0 unspecified atom stereocenters. The van der Waals surface area contributed by atoms with Gasteiger partial charge in [-0.2, -0.15) is 0 Å². The number of nitrogens with zero attached hydrogens (tertiary/aromatic N) is 2. The largest absolute Gasteiger partial charge is 0.450 e. The number of piperidine rings is 1. The van der Waals surface area contributed by atoms with Crippen molar-refractivity contribution in [1.82, 2.24) is 10.2 Å². The SMILES string of the molecule is CCOC(=O)N1CCC(NC(=O)C2(C(=O)N3CCCc4ccccc43)CC2)CC1. The highest BCUT2D eigenvalue weighted by molar-refractivity contribution is 6.14. The van der Waals surface area contributed by atoms with Gasteiger partial charge in [-0.05, 0) is 57.1 Å². The highest BCUT2D eigenvalue weighted by Crippen LogP contribution is 2.49. The summed E-state index contributed by atoms with van der Waals surface area (Å²) in [6, 6.07) is 7.97. The van der Waals surface area contributed by atoms with Crippen molar-refractivity contribution in [3.05, 3.63) is 29.8 Å². The molecule has 29 heavy (non-hydrogen) atoms. The van der Waals surface area contributed by atoms with E-state index in [9.17, 15) is 14.4 Å². The molecular weight excluding hydrogens is 370 g/mol. The second-order valence-electron chi connectivity index (χ2n) is 8.20. The Morgan fingerprint density at radius 1 is 1.14 bits per heavy atom.